The largest absolute Gasteiger partial charge is 0.312 e. The number of rotatable bonds is 6. The van der Waals surface area contributed by atoms with E-state index in [0.717, 1.165) is 38.5 Å². The Balaban J connectivity index is 0.00000154. The summed E-state index contributed by atoms with van der Waals surface area (Å²) in [5, 5.41) is 12.4. The molecule has 1 N–H and O–H groups in total. The molecule has 0 fully saturated rings. The molecule has 1 heterocycles. The van der Waals surface area contributed by atoms with Crippen molar-refractivity contribution in [2.45, 2.75) is 98.1 Å². The minimum atomic E-state index is -0.128. The van der Waals surface area contributed by atoms with Crippen LogP contribution in [-0.4, -0.2) is 21.3 Å². The van der Waals surface area contributed by atoms with Gasteiger partial charge in [-0.3, -0.25) is 0 Å². The van der Waals surface area contributed by atoms with Gasteiger partial charge in [-0.25, -0.2) is 0 Å². The molecule has 0 aromatic carbocycles. The van der Waals surface area contributed by atoms with E-state index in [1.54, 1.807) is 5.06 Å². The van der Waals surface area contributed by atoms with Gasteiger partial charge in [0.2, 0.25) is 0 Å². The van der Waals surface area contributed by atoms with Crippen LogP contribution in [0.5, 0.6) is 0 Å². The fourth-order valence-electron chi connectivity index (χ4n) is 3.41. The second-order valence-corrected chi connectivity index (χ2v) is 5.28. The Morgan fingerprint density at radius 1 is 0.947 bits per heavy atom. The number of nitrogens with zero attached hydrogens (tertiary/aromatic N) is 1. The van der Waals surface area contributed by atoms with Gasteiger partial charge in [0.05, 0.1) is 11.1 Å². The summed E-state index contributed by atoms with van der Waals surface area (Å²) in [4.78, 5) is 0. The summed E-state index contributed by atoms with van der Waals surface area (Å²) in [5.41, 5.74) is 1.22. The summed E-state index contributed by atoms with van der Waals surface area (Å²) >= 11 is 0. The van der Waals surface area contributed by atoms with Crippen LogP contribution < -0.4 is 0 Å². The molecule has 0 aromatic heterocycles. The van der Waals surface area contributed by atoms with E-state index in [2.05, 4.69) is 40.7 Å². The van der Waals surface area contributed by atoms with Gasteiger partial charge in [-0.15, -0.1) is 0 Å². The first-order chi connectivity index (χ1) is 9.06. The van der Waals surface area contributed by atoms with Gasteiger partial charge in [-0.05, 0) is 37.7 Å². The molecule has 0 amide bonds. The summed E-state index contributed by atoms with van der Waals surface area (Å²) < 4.78 is 0. The Bertz CT molecular complexity index is 275. The maximum atomic E-state index is 10.7. The van der Waals surface area contributed by atoms with E-state index in [9.17, 15) is 5.21 Å². The molecule has 0 unspecified atom stereocenters. The van der Waals surface area contributed by atoms with Gasteiger partial charge in [0.15, 0.2) is 0 Å². The van der Waals surface area contributed by atoms with Gasteiger partial charge in [0, 0.05) is 0 Å². The van der Waals surface area contributed by atoms with Crippen molar-refractivity contribution in [3.05, 3.63) is 11.6 Å². The molecular weight excluding hydrogens is 234 g/mol. The average molecular weight is 269 g/mol. The predicted molar refractivity (Wildman–Crippen MR) is 84.6 cm³/mol. The quantitative estimate of drug-likeness (QED) is 0.638. The van der Waals surface area contributed by atoms with E-state index < -0.39 is 0 Å². The SMILES string of the molecule is CC.CCCC1=CC(CC)(CC)N(O)C1(CC)CC. The van der Waals surface area contributed by atoms with Gasteiger partial charge in [0.1, 0.15) is 0 Å². The lowest BCUT2D eigenvalue weighted by Gasteiger charge is -2.43. The van der Waals surface area contributed by atoms with Crippen molar-refractivity contribution in [3.63, 3.8) is 0 Å². The highest BCUT2D eigenvalue weighted by molar-refractivity contribution is 5.32. The Labute approximate surface area is 120 Å². The molecule has 0 radical (unpaired) electrons. The topological polar surface area (TPSA) is 23.5 Å². The van der Waals surface area contributed by atoms with Crippen molar-refractivity contribution in [1.82, 2.24) is 5.06 Å². The van der Waals surface area contributed by atoms with E-state index in [1.165, 1.54) is 5.57 Å². The summed E-state index contributed by atoms with van der Waals surface area (Å²) in [6.07, 6.45) is 8.58. The summed E-state index contributed by atoms with van der Waals surface area (Å²) in [7, 11) is 0. The second kappa shape index (κ2) is 8.06. The molecule has 1 aliphatic rings. The highest BCUT2D eigenvalue weighted by Crippen LogP contribution is 2.47. The van der Waals surface area contributed by atoms with Gasteiger partial charge in [0.25, 0.3) is 0 Å². The van der Waals surface area contributed by atoms with E-state index in [4.69, 9.17) is 0 Å². The Morgan fingerprint density at radius 3 is 1.74 bits per heavy atom. The number of hydrogen-bond acceptors (Lipinski definition) is 2. The third-order valence-corrected chi connectivity index (χ3v) is 4.78. The summed E-state index contributed by atoms with van der Waals surface area (Å²) in [6, 6.07) is 0. The number of hydroxylamine groups is 2. The van der Waals surface area contributed by atoms with Crippen molar-refractivity contribution in [3.8, 4) is 0 Å². The zero-order valence-electron chi connectivity index (χ0n) is 14.2. The van der Waals surface area contributed by atoms with Gasteiger partial charge in [-0.1, -0.05) is 61.0 Å². The number of hydrogen-bond donors (Lipinski definition) is 1. The maximum absolute atomic E-state index is 10.7. The summed E-state index contributed by atoms with van der Waals surface area (Å²) in [5.74, 6) is 0. The monoisotopic (exact) mass is 269 g/mol. The third kappa shape index (κ3) is 3.05. The lowest BCUT2D eigenvalue weighted by atomic mass is 9.84. The third-order valence-electron chi connectivity index (χ3n) is 4.78. The van der Waals surface area contributed by atoms with Crippen molar-refractivity contribution < 1.29 is 5.21 Å². The smallest absolute Gasteiger partial charge is 0.0674 e. The molecule has 2 nitrogen and oxygen atoms in total. The zero-order valence-corrected chi connectivity index (χ0v) is 14.2. The lowest BCUT2D eigenvalue weighted by molar-refractivity contribution is -0.209. The molecule has 1 aliphatic heterocycles. The van der Waals surface area contributed by atoms with Crippen LogP contribution in [0.15, 0.2) is 11.6 Å². The molecule has 19 heavy (non-hydrogen) atoms. The fourth-order valence-corrected chi connectivity index (χ4v) is 3.41. The fraction of sp³-hybridized carbons (Fsp3) is 0.882. The zero-order chi connectivity index (χ0) is 15.1. The van der Waals surface area contributed by atoms with Gasteiger partial charge >= 0.3 is 0 Å². The molecule has 2 heteroatoms. The Morgan fingerprint density at radius 2 is 1.42 bits per heavy atom. The highest BCUT2D eigenvalue weighted by Gasteiger charge is 2.51. The van der Waals surface area contributed by atoms with Crippen LogP contribution in [0.4, 0.5) is 0 Å². The van der Waals surface area contributed by atoms with Crippen LogP contribution in [0.1, 0.15) is 87.0 Å². The predicted octanol–water partition coefficient (Wildman–Crippen LogP) is 5.56. The lowest BCUT2D eigenvalue weighted by Crippen LogP contribution is -2.53. The van der Waals surface area contributed by atoms with Gasteiger partial charge < -0.3 is 5.21 Å². The normalized spacial score (nSPS) is 20.7. The highest BCUT2D eigenvalue weighted by atomic mass is 16.5. The van der Waals surface area contributed by atoms with Gasteiger partial charge in [-0.2, -0.15) is 5.06 Å². The minimum absolute atomic E-state index is 0.109. The standard InChI is InChI=1S/C15H29NO.C2H6/c1-6-11-13-12-14(7-2,8-3)16(17)15(13,9-4)10-5;1-2/h12,17H,6-11H2,1-5H3;1-2H3. The van der Waals surface area contributed by atoms with Crippen LogP contribution in [0, 0.1) is 0 Å². The molecule has 0 bridgehead atoms. The molecule has 0 saturated carbocycles. The van der Waals surface area contributed by atoms with E-state index in [-0.39, 0.29) is 11.1 Å². The minimum Gasteiger partial charge on any atom is -0.312 e. The molecule has 114 valence electrons. The van der Waals surface area contributed by atoms with Crippen LogP contribution in [0.25, 0.3) is 0 Å². The van der Waals surface area contributed by atoms with Crippen molar-refractivity contribution in [2.24, 2.45) is 0 Å². The van der Waals surface area contributed by atoms with Crippen LogP contribution in [0.2, 0.25) is 0 Å². The first-order valence-corrected chi connectivity index (χ1v) is 8.28. The first kappa shape index (κ1) is 18.7. The molecular formula is C17H35NO. The molecule has 0 aliphatic carbocycles. The van der Waals surface area contributed by atoms with Crippen LogP contribution in [-0.2, 0) is 0 Å². The Kier molecular flexibility index (Phi) is 7.92. The molecule has 0 aromatic rings. The van der Waals surface area contributed by atoms with Crippen molar-refractivity contribution in [1.29, 1.82) is 0 Å². The van der Waals surface area contributed by atoms with Crippen molar-refractivity contribution in [2.75, 3.05) is 0 Å². The summed E-state index contributed by atoms with van der Waals surface area (Å²) in [6.45, 7) is 15.0. The molecule has 0 atom stereocenters. The molecule has 0 saturated heterocycles. The maximum Gasteiger partial charge on any atom is 0.0674 e. The van der Waals surface area contributed by atoms with Crippen LogP contribution in [0.3, 0.4) is 0 Å². The van der Waals surface area contributed by atoms with E-state index in [1.807, 2.05) is 13.8 Å². The van der Waals surface area contributed by atoms with Crippen molar-refractivity contribution >= 4 is 0 Å². The van der Waals surface area contributed by atoms with E-state index >= 15 is 0 Å². The molecule has 0 spiro atoms. The van der Waals surface area contributed by atoms with E-state index in [0.29, 0.717) is 0 Å². The average Bonchev–Trinajstić information content (AvgIpc) is 2.71. The first-order valence-electron chi connectivity index (χ1n) is 8.28. The molecule has 1 rings (SSSR count). The second-order valence-electron chi connectivity index (χ2n) is 5.28. The Hall–Kier alpha value is -0.340. The van der Waals surface area contributed by atoms with Crippen LogP contribution >= 0.6 is 0 Å².